The summed E-state index contributed by atoms with van der Waals surface area (Å²) in [6.07, 6.45) is -2.32. The van der Waals surface area contributed by atoms with Gasteiger partial charge in [-0.05, 0) is 30.9 Å². The van der Waals surface area contributed by atoms with Gasteiger partial charge in [0, 0.05) is 13.1 Å². The number of halogens is 3. The van der Waals surface area contributed by atoms with E-state index < -0.39 is 17.8 Å². The van der Waals surface area contributed by atoms with Gasteiger partial charge in [-0.2, -0.15) is 13.2 Å². The fourth-order valence-corrected chi connectivity index (χ4v) is 3.62. The molecule has 3 rings (SSSR count). The maximum Gasteiger partial charge on any atom is 0.418 e. The molecule has 1 aliphatic heterocycles. The molecule has 1 aromatic heterocycles. The molecule has 0 spiro atoms. The highest BCUT2D eigenvalue weighted by Gasteiger charge is 2.33. The highest BCUT2D eigenvalue weighted by molar-refractivity contribution is 7.19. The molecule has 0 saturated carbocycles. The number of benzene rings is 1. The van der Waals surface area contributed by atoms with Crippen LogP contribution in [-0.2, 0) is 6.18 Å². The van der Waals surface area contributed by atoms with Crippen molar-refractivity contribution < 1.29 is 18.0 Å². The number of nitrogens with zero attached hydrogens (tertiary/aromatic N) is 3. The number of urea groups is 1. The van der Waals surface area contributed by atoms with E-state index in [9.17, 15) is 18.0 Å². The van der Waals surface area contributed by atoms with E-state index in [-0.39, 0.29) is 10.8 Å². The standard InChI is InChI=1S/C16H18F3N5OS/c1-10-5-4-8-24(9-10)15-23-22-14(26-15)21-13(25)20-12-7-3-2-6-11(12)16(17,18)19/h2-3,6-7,10H,4-5,8-9H2,1H3,(H2,20,21,22,25)/t10-/m0/s1. The number of aromatic nitrogens is 2. The molecule has 2 amide bonds. The van der Waals surface area contributed by atoms with Crippen molar-refractivity contribution in [2.75, 3.05) is 28.6 Å². The first-order valence-corrected chi connectivity index (χ1v) is 8.97. The first-order chi connectivity index (χ1) is 12.3. The first kappa shape index (κ1) is 18.4. The van der Waals surface area contributed by atoms with Crippen molar-refractivity contribution in [2.45, 2.75) is 25.9 Å². The molecular weight excluding hydrogens is 367 g/mol. The molecule has 1 saturated heterocycles. The number of rotatable bonds is 3. The summed E-state index contributed by atoms with van der Waals surface area (Å²) in [4.78, 5) is 14.1. The van der Waals surface area contributed by atoms with Crippen molar-refractivity contribution in [1.82, 2.24) is 10.2 Å². The van der Waals surface area contributed by atoms with E-state index in [1.165, 1.54) is 36.0 Å². The van der Waals surface area contributed by atoms with Gasteiger partial charge < -0.3 is 10.2 Å². The molecule has 0 aliphatic carbocycles. The summed E-state index contributed by atoms with van der Waals surface area (Å²) in [5, 5.41) is 13.6. The number of piperidine rings is 1. The Bertz CT molecular complexity index is 779. The Morgan fingerprint density at radius 1 is 1.27 bits per heavy atom. The monoisotopic (exact) mass is 385 g/mol. The minimum Gasteiger partial charge on any atom is -0.346 e. The van der Waals surface area contributed by atoms with Gasteiger partial charge in [0.2, 0.25) is 10.3 Å². The minimum atomic E-state index is -4.55. The maximum atomic E-state index is 13.0. The van der Waals surface area contributed by atoms with Gasteiger partial charge in [0.25, 0.3) is 0 Å². The van der Waals surface area contributed by atoms with Crippen molar-refractivity contribution in [1.29, 1.82) is 0 Å². The average Bonchev–Trinajstić information content (AvgIpc) is 3.02. The predicted octanol–water partition coefficient (Wildman–Crippen LogP) is 4.44. The lowest BCUT2D eigenvalue weighted by Crippen LogP contribution is -2.34. The van der Waals surface area contributed by atoms with Crippen LogP contribution < -0.4 is 15.5 Å². The molecule has 0 radical (unpaired) electrons. The van der Waals surface area contributed by atoms with Crippen LogP contribution in [0.2, 0.25) is 0 Å². The van der Waals surface area contributed by atoms with Gasteiger partial charge in [-0.1, -0.05) is 30.4 Å². The highest BCUT2D eigenvalue weighted by Crippen LogP contribution is 2.34. The Kier molecular flexibility index (Phi) is 5.30. The molecule has 2 heterocycles. The van der Waals surface area contributed by atoms with Crippen LogP contribution >= 0.6 is 11.3 Å². The molecule has 140 valence electrons. The van der Waals surface area contributed by atoms with Crippen LogP contribution in [0.3, 0.4) is 0 Å². The third-order valence-electron chi connectivity index (χ3n) is 4.04. The van der Waals surface area contributed by atoms with Gasteiger partial charge in [-0.15, -0.1) is 10.2 Å². The Balaban J connectivity index is 1.65. The number of alkyl halides is 3. The molecule has 0 bridgehead atoms. The number of carbonyl (C=O) groups excluding carboxylic acids is 1. The molecule has 6 nitrogen and oxygen atoms in total. The van der Waals surface area contributed by atoms with Crippen LogP contribution in [0, 0.1) is 5.92 Å². The molecule has 1 fully saturated rings. The van der Waals surface area contributed by atoms with E-state index in [4.69, 9.17) is 0 Å². The van der Waals surface area contributed by atoms with Gasteiger partial charge in [-0.3, -0.25) is 5.32 Å². The number of para-hydroxylation sites is 1. The van der Waals surface area contributed by atoms with E-state index in [0.717, 1.165) is 25.6 Å². The van der Waals surface area contributed by atoms with Crippen LogP contribution in [-0.4, -0.2) is 29.3 Å². The fraction of sp³-hybridized carbons (Fsp3) is 0.438. The summed E-state index contributed by atoms with van der Waals surface area (Å²) in [7, 11) is 0. The third-order valence-corrected chi connectivity index (χ3v) is 4.94. The van der Waals surface area contributed by atoms with Gasteiger partial charge in [-0.25, -0.2) is 4.79 Å². The molecule has 10 heteroatoms. The predicted molar refractivity (Wildman–Crippen MR) is 94.6 cm³/mol. The van der Waals surface area contributed by atoms with Gasteiger partial charge in [0.15, 0.2) is 0 Å². The maximum absolute atomic E-state index is 13.0. The molecule has 1 aromatic carbocycles. The Labute approximate surface area is 152 Å². The van der Waals surface area contributed by atoms with E-state index in [1.807, 2.05) is 0 Å². The lowest BCUT2D eigenvalue weighted by Gasteiger charge is -2.29. The molecule has 26 heavy (non-hydrogen) atoms. The summed E-state index contributed by atoms with van der Waals surface area (Å²) in [6, 6.07) is 4.00. The second kappa shape index (κ2) is 7.48. The normalized spacial score (nSPS) is 17.8. The zero-order valence-electron chi connectivity index (χ0n) is 14.0. The van der Waals surface area contributed by atoms with Crippen molar-refractivity contribution >= 4 is 33.3 Å². The van der Waals surface area contributed by atoms with Crippen LogP contribution in [0.4, 0.5) is 33.9 Å². The summed E-state index contributed by atoms with van der Waals surface area (Å²) in [6.45, 7) is 3.92. The van der Waals surface area contributed by atoms with Crippen LogP contribution in [0.1, 0.15) is 25.3 Å². The van der Waals surface area contributed by atoms with Crippen molar-refractivity contribution in [3.05, 3.63) is 29.8 Å². The van der Waals surface area contributed by atoms with E-state index in [1.54, 1.807) is 0 Å². The number of carbonyl (C=O) groups is 1. The summed E-state index contributed by atoms with van der Waals surface area (Å²) >= 11 is 1.20. The molecule has 2 aromatic rings. The van der Waals surface area contributed by atoms with Gasteiger partial charge in [0.05, 0.1) is 11.3 Å². The second-order valence-electron chi connectivity index (χ2n) is 6.21. The summed E-state index contributed by atoms with van der Waals surface area (Å²) < 4.78 is 38.9. The van der Waals surface area contributed by atoms with Crippen molar-refractivity contribution in [2.24, 2.45) is 5.92 Å². The third kappa shape index (κ3) is 4.43. The molecule has 2 N–H and O–H groups in total. The Hall–Kier alpha value is -2.36. The van der Waals surface area contributed by atoms with E-state index in [0.29, 0.717) is 11.0 Å². The Morgan fingerprint density at radius 3 is 2.77 bits per heavy atom. The van der Waals surface area contributed by atoms with Gasteiger partial charge >= 0.3 is 12.2 Å². The lowest BCUT2D eigenvalue weighted by molar-refractivity contribution is -0.136. The molecular formula is C16H18F3N5OS. The van der Waals surface area contributed by atoms with Crippen molar-refractivity contribution in [3.8, 4) is 0 Å². The number of nitrogens with one attached hydrogen (secondary N) is 2. The lowest BCUT2D eigenvalue weighted by atomic mass is 10.0. The van der Waals surface area contributed by atoms with Gasteiger partial charge in [0.1, 0.15) is 0 Å². The molecule has 1 aliphatic rings. The minimum absolute atomic E-state index is 0.236. The first-order valence-electron chi connectivity index (χ1n) is 8.15. The number of amides is 2. The smallest absolute Gasteiger partial charge is 0.346 e. The van der Waals surface area contributed by atoms with E-state index in [2.05, 4.69) is 32.7 Å². The van der Waals surface area contributed by atoms with Crippen LogP contribution in [0.25, 0.3) is 0 Å². The Morgan fingerprint density at radius 2 is 2.04 bits per heavy atom. The van der Waals surface area contributed by atoms with Crippen LogP contribution in [0.15, 0.2) is 24.3 Å². The fourth-order valence-electron chi connectivity index (χ4n) is 2.85. The van der Waals surface area contributed by atoms with E-state index >= 15 is 0 Å². The molecule has 0 unspecified atom stereocenters. The SMILES string of the molecule is C[C@H]1CCCN(c2nnc(NC(=O)Nc3ccccc3C(F)(F)F)s2)C1. The average molecular weight is 385 g/mol. The number of anilines is 3. The second-order valence-corrected chi connectivity index (χ2v) is 7.16. The highest BCUT2D eigenvalue weighted by atomic mass is 32.1. The largest absolute Gasteiger partial charge is 0.418 e. The quantitative estimate of drug-likeness (QED) is 0.820. The van der Waals surface area contributed by atoms with Crippen LogP contribution in [0.5, 0.6) is 0 Å². The zero-order valence-corrected chi connectivity index (χ0v) is 14.8. The zero-order chi connectivity index (χ0) is 18.7. The van der Waals surface area contributed by atoms with Crippen molar-refractivity contribution in [3.63, 3.8) is 0 Å². The molecule has 1 atom stereocenters. The topological polar surface area (TPSA) is 70.2 Å². The summed E-state index contributed by atoms with van der Waals surface area (Å²) in [5.41, 5.74) is -1.22. The number of hydrogen-bond acceptors (Lipinski definition) is 5. The summed E-state index contributed by atoms with van der Waals surface area (Å²) in [5.74, 6) is 0.561. The number of hydrogen-bond donors (Lipinski definition) is 2.